The van der Waals surface area contributed by atoms with E-state index < -0.39 is 5.67 Å². The minimum Gasteiger partial charge on any atom is -0.327 e. The fourth-order valence-corrected chi connectivity index (χ4v) is 4.87. The molecule has 1 aliphatic carbocycles. The molecular formula is C21H29FN4. The van der Waals surface area contributed by atoms with Gasteiger partial charge in [-0.05, 0) is 43.9 Å². The van der Waals surface area contributed by atoms with Gasteiger partial charge in [-0.2, -0.15) is 0 Å². The van der Waals surface area contributed by atoms with Crippen LogP contribution in [0.5, 0.6) is 0 Å². The number of fused-ring (bicyclic) bond motifs is 3. The van der Waals surface area contributed by atoms with Crippen LogP contribution in [0, 0.1) is 0 Å². The van der Waals surface area contributed by atoms with Crippen LogP contribution in [0.3, 0.4) is 0 Å². The van der Waals surface area contributed by atoms with Gasteiger partial charge < -0.3 is 4.57 Å². The normalized spacial score (nSPS) is 28.2. The molecule has 0 radical (unpaired) electrons. The first-order chi connectivity index (χ1) is 12.6. The standard InChI is InChI=1S/C21H29FN4/c1-21(22)8-10-24(15-21)14-16-5-6-19-18(13-16)23-20-7-9-25(11-12-26(19)20)17-3-2-4-17/h5-6,13,17H,2-4,7-12,14-15H2,1H3. The van der Waals surface area contributed by atoms with Crippen molar-refractivity contribution in [2.24, 2.45) is 0 Å². The Balaban J connectivity index is 1.33. The second-order valence-electron chi connectivity index (χ2n) is 8.75. The summed E-state index contributed by atoms with van der Waals surface area (Å²) in [6, 6.07) is 7.47. The maximum atomic E-state index is 14.1. The van der Waals surface area contributed by atoms with Crippen molar-refractivity contribution in [2.75, 3.05) is 26.2 Å². The zero-order valence-electron chi connectivity index (χ0n) is 15.8. The largest absolute Gasteiger partial charge is 0.327 e. The molecule has 0 N–H and O–H groups in total. The Morgan fingerprint density at radius 2 is 2.08 bits per heavy atom. The fraction of sp³-hybridized carbons (Fsp3) is 0.667. The van der Waals surface area contributed by atoms with Crippen molar-refractivity contribution >= 4 is 11.0 Å². The van der Waals surface area contributed by atoms with Gasteiger partial charge >= 0.3 is 0 Å². The van der Waals surface area contributed by atoms with Gasteiger partial charge in [-0.3, -0.25) is 9.80 Å². The van der Waals surface area contributed by atoms with E-state index in [1.54, 1.807) is 6.92 Å². The van der Waals surface area contributed by atoms with E-state index in [-0.39, 0.29) is 0 Å². The van der Waals surface area contributed by atoms with Crippen LogP contribution in [-0.4, -0.2) is 57.2 Å². The van der Waals surface area contributed by atoms with Crippen molar-refractivity contribution in [1.82, 2.24) is 19.4 Å². The molecular weight excluding hydrogens is 327 g/mol. The molecule has 1 aromatic heterocycles. The molecule has 2 fully saturated rings. The van der Waals surface area contributed by atoms with Crippen LogP contribution in [0.1, 0.15) is 44.0 Å². The van der Waals surface area contributed by atoms with E-state index in [0.717, 1.165) is 50.7 Å². The fourth-order valence-electron chi connectivity index (χ4n) is 4.87. The van der Waals surface area contributed by atoms with Gasteiger partial charge in [-0.15, -0.1) is 0 Å². The predicted molar refractivity (Wildman–Crippen MR) is 102 cm³/mol. The van der Waals surface area contributed by atoms with Crippen LogP contribution >= 0.6 is 0 Å². The van der Waals surface area contributed by atoms with Crippen LogP contribution < -0.4 is 0 Å². The Kier molecular flexibility index (Phi) is 4.05. The number of imidazole rings is 1. The van der Waals surface area contributed by atoms with Gasteiger partial charge in [0.2, 0.25) is 0 Å². The van der Waals surface area contributed by atoms with Gasteiger partial charge in [0.1, 0.15) is 11.5 Å². The van der Waals surface area contributed by atoms with E-state index >= 15 is 0 Å². The zero-order chi connectivity index (χ0) is 17.7. The molecule has 5 heteroatoms. The number of halogens is 1. The minimum absolute atomic E-state index is 0.543. The second-order valence-corrected chi connectivity index (χ2v) is 8.75. The summed E-state index contributed by atoms with van der Waals surface area (Å²) in [5, 5.41) is 0. The van der Waals surface area contributed by atoms with Crippen molar-refractivity contribution in [2.45, 2.75) is 63.8 Å². The highest BCUT2D eigenvalue weighted by Crippen LogP contribution is 2.29. The summed E-state index contributed by atoms with van der Waals surface area (Å²) < 4.78 is 16.5. The van der Waals surface area contributed by atoms with Crippen LogP contribution in [0.15, 0.2) is 18.2 Å². The molecule has 1 unspecified atom stereocenters. The lowest BCUT2D eigenvalue weighted by atomic mass is 9.91. The van der Waals surface area contributed by atoms with Gasteiger partial charge in [0.15, 0.2) is 0 Å². The van der Waals surface area contributed by atoms with E-state index in [2.05, 4.69) is 32.6 Å². The molecule has 1 aromatic carbocycles. The molecule has 140 valence electrons. The number of nitrogens with zero attached hydrogens (tertiary/aromatic N) is 4. The smallest absolute Gasteiger partial charge is 0.122 e. The number of hydrogen-bond acceptors (Lipinski definition) is 3. The van der Waals surface area contributed by atoms with Crippen LogP contribution in [0.25, 0.3) is 11.0 Å². The van der Waals surface area contributed by atoms with Crippen LogP contribution in [0.4, 0.5) is 4.39 Å². The molecule has 1 atom stereocenters. The number of rotatable bonds is 3. The van der Waals surface area contributed by atoms with Crippen LogP contribution in [-0.2, 0) is 19.5 Å². The van der Waals surface area contributed by atoms with Crippen LogP contribution in [0.2, 0.25) is 0 Å². The summed E-state index contributed by atoms with van der Waals surface area (Å²) in [5.74, 6) is 1.23. The summed E-state index contributed by atoms with van der Waals surface area (Å²) in [6.45, 7) is 7.28. The van der Waals surface area contributed by atoms with E-state index in [4.69, 9.17) is 4.98 Å². The molecule has 4 nitrogen and oxygen atoms in total. The maximum absolute atomic E-state index is 14.1. The predicted octanol–water partition coefficient (Wildman–Crippen LogP) is 3.38. The van der Waals surface area contributed by atoms with Crippen molar-refractivity contribution in [3.8, 4) is 0 Å². The monoisotopic (exact) mass is 356 g/mol. The Morgan fingerprint density at radius 1 is 1.19 bits per heavy atom. The van der Waals surface area contributed by atoms with E-state index in [0.29, 0.717) is 13.0 Å². The van der Waals surface area contributed by atoms with Crippen molar-refractivity contribution < 1.29 is 4.39 Å². The Labute approximate surface area is 155 Å². The number of alkyl halides is 1. The molecule has 2 aliphatic heterocycles. The SMILES string of the molecule is CC1(F)CCN(Cc2ccc3c(c2)nc2n3CCN(C3CCC3)CC2)C1. The minimum atomic E-state index is -1.03. The number of aromatic nitrogens is 2. The van der Waals surface area contributed by atoms with Gasteiger partial charge in [0.05, 0.1) is 11.0 Å². The first-order valence-corrected chi connectivity index (χ1v) is 10.2. The Hall–Kier alpha value is -1.46. The first-order valence-electron chi connectivity index (χ1n) is 10.2. The van der Waals surface area contributed by atoms with E-state index in [1.807, 2.05) is 0 Å². The molecule has 2 aromatic rings. The number of likely N-dealkylation sites (tertiary alicyclic amines) is 1. The third-order valence-electron chi connectivity index (χ3n) is 6.63. The Bertz CT molecular complexity index is 808. The molecule has 3 heterocycles. The molecule has 1 saturated carbocycles. The van der Waals surface area contributed by atoms with E-state index in [1.165, 1.54) is 36.2 Å². The summed E-state index contributed by atoms with van der Waals surface area (Å²) in [5.41, 5.74) is 2.59. The second kappa shape index (κ2) is 6.31. The third-order valence-corrected chi connectivity index (χ3v) is 6.63. The highest BCUT2D eigenvalue weighted by molar-refractivity contribution is 5.77. The quantitative estimate of drug-likeness (QED) is 0.843. The first kappa shape index (κ1) is 16.7. The molecule has 3 aliphatic rings. The Morgan fingerprint density at radius 3 is 2.81 bits per heavy atom. The van der Waals surface area contributed by atoms with Gasteiger partial charge in [-0.1, -0.05) is 12.5 Å². The van der Waals surface area contributed by atoms with E-state index in [9.17, 15) is 4.39 Å². The summed E-state index contributed by atoms with van der Waals surface area (Å²) in [7, 11) is 0. The highest BCUT2D eigenvalue weighted by atomic mass is 19.1. The molecule has 0 bridgehead atoms. The van der Waals surface area contributed by atoms with Crippen molar-refractivity contribution in [3.63, 3.8) is 0 Å². The van der Waals surface area contributed by atoms with Gasteiger partial charge in [0, 0.05) is 51.7 Å². The lowest BCUT2D eigenvalue weighted by Gasteiger charge is -2.36. The molecule has 0 spiro atoms. The number of hydrogen-bond donors (Lipinski definition) is 0. The lowest BCUT2D eigenvalue weighted by Crippen LogP contribution is -2.41. The lowest BCUT2D eigenvalue weighted by molar-refractivity contribution is 0.130. The molecule has 26 heavy (non-hydrogen) atoms. The summed E-state index contributed by atoms with van der Waals surface area (Å²) >= 11 is 0. The zero-order valence-corrected chi connectivity index (χ0v) is 15.8. The number of benzene rings is 1. The van der Waals surface area contributed by atoms with Crippen molar-refractivity contribution in [1.29, 1.82) is 0 Å². The molecule has 5 rings (SSSR count). The topological polar surface area (TPSA) is 24.3 Å². The van der Waals surface area contributed by atoms with Gasteiger partial charge in [0.25, 0.3) is 0 Å². The third kappa shape index (κ3) is 3.05. The average molecular weight is 356 g/mol. The summed E-state index contributed by atoms with van der Waals surface area (Å²) in [6.07, 6.45) is 5.84. The average Bonchev–Trinajstić information content (AvgIpc) is 3.00. The maximum Gasteiger partial charge on any atom is 0.122 e. The molecule has 0 amide bonds. The highest BCUT2D eigenvalue weighted by Gasteiger charge is 2.33. The summed E-state index contributed by atoms with van der Waals surface area (Å²) in [4.78, 5) is 9.85. The molecule has 1 saturated heterocycles. The van der Waals surface area contributed by atoms with Crippen molar-refractivity contribution in [3.05, 3.63) is 29.6 Å². The van der Waals surface area contributed by atoms with Gasteiger partial charge in [-0.25, -0.2) is 9.37 Å².